The standard InChI is InChI=1S/C19H28N4O5/c20-8-2-1-4-13(21)19(28)23-9-3-5-14(23)18(27)22-17(26)11-12-6-7-15(24)16(25)10-12/h6-7,10,13-14,24-25H,1-5,8-9,11,20-21H2,(H,22,26,27)/t13-,14-/m0/s1. The van der Waals surface area contributed by atoms with Gasteiger partial charge in [-0.3, -0.25) is 19.7 Å². The molecular weight excluding hydrogens is 364 g/mol. The maximum Gasteiger partial charge on any atom is 0.249 e. The van der Waals surface area contributed by atoms with E-state index in [-0.39, 0.29) is 23.8 Å². The SMILES string of the molecule is NCCCC[C@H](N)C(=O)N1CCC[C@H]1C(=O)NC(=O)Cc1ccc(O)c(O)c1. The minimum Gasteiger partial charge on any atom is -0.504 e. The van der Waals surface area contributed by atoms with E-state index in [2.05, 4.69) is 5.32 Å². The molecule has 1 saturated heterocycles. The number of nitrogens with one attached hydrogen (secondary N) is 1. The smallest absolute Gasteiger partial charge is 0.249 e. The molecule has 7 N–H and O–H groups in total. The zero-order valence-corrected chi connectivity index (χ0v) is 15.8. The number of carbonyl (C=O) groups excluding carboxylic acids is 3. The summed E-state index contributed by atoms with van der Waals surface area (Å²) in [7, 11) is 0. The van der Waals surface area contributed by atoms with Gasteiger partial charge in [0.05, 0.1) is 12.5 Å². The topological polar surface area (TPSA) is 159 Å². The maximum absolute atomic E-state index is 12.6. The van der Waals surface area contributed by atoms with Crippen LogP contribution in [0.1, 0.15) is 37.7 Å². The maximum atomic E-state index is 12.6. The lowest BCUT2D eigenvalue weighted by Crippen LogP contribution is -2.52. The van der Waals surface area contributed by atoms with Crippen molar-refractivity contribution in [3.8, 4) is 11.5 Å². The number of phenolic OH excluding ortho intramolecular Hbond substituents is 2. The highest BCUT2D eigenvalue weighted by atomic mass is 16.3. The number of imide groups is 1. The second-order valence-electron chi connectivity index (χ2n) is 6.99. The van der Waals surface area contributed by atoms with Crippen LogP contribution in [0.5, 0.6) is 11.5 Å². The van der Waals surface area contributed by atoms with Gasteiger partial charge in [-0.25, -0.2) is 0 Å². The largest absolute Gasteiger partial charge is 0.504 e. The van der Waals surface area contributed by atoms with E-state index in [9.17, 15) is 24.6 Å². The molecule has 0 saturated carbocycles. The summed E-state index contributed by atoms with van der Waals surface area (Å²) in [5, 5.41) is 21.1. The monoisotopic (exact) mass is 392 g/mol. The van der Waals surface area contributed by atoms with Crippen LogP contribution in [0.15, 0.2) is 18.2 Å². The van der Waals surface area contributed by atoms with Crippen LogP contribution in [0, 0.1) is 0 Å². The zero-order valence-electron chi connectivity index (χ0n) is 15.8. The molecule has 2 rings (SSSR count). The lowest BCUT2D eigenvalue weighted by molar-refractivity contribution is -0.141. The van der Waals surface area contributed by atoms with Gasteiger partial charge in [0, 0.05) is 6.54 Å². The fourth-order valence-corrected chi connectivity index (χ4v) is 3.28. The van der Waals surface area contributed by atoms with E-state index in [4.69, 9.17) is 11.5 Å². The molecule has 28 heavy (non-hydrogen) atoms. The van der Waals surface area contributed by atoms with Crippen molar-refractivity contribution >= 4 is 17.7 Å². The van der Waals surface area contributed by atoms with E-state index < -0.39 is 23.9 Å². The van der Waals surface area contributed by atoms with Gasteiger partial charge >= 0.3 is 0 Å². The molecule has 0 spiro atoms. The first-order valence-corrected chi connectivity index (χ1v) is 9.44. The summed E-state index contributed by atoms with van der Waals surface area (Å²) in [5.41, 5.74) is 11.8. The highest BCUT2D eigenvalue weighted by molar-refractivity contribution is 6.00. The van der Waals surface area contributed by atoms with Gasteiger partial charge in [0.15, 0.2) is 11.5 Å². The fourth-order valence-electron chi connectivity index (χ4n) is 3.28. The Labute approximate surface area is 163 Å². The van der Waals surface area contributed by atoms with Crippen molar-refractivity contribution in [3.05, 3.63) is 23.8 Å². The van der Waals surface area contributed by atoms with Gasteiger partial charge in [-0.15, -0.1) is 0 Å². The Morgan fingerprint density at radius 3 is 2.64 bits per heavy atom. The number of hydrogen-bond donors (Lipinski definition) is 5. The number of carbonyl (C=O) groups is 3. The highest BCUT2D eigenvalue weighted by Crippen LogP contribution is 2.25. The van der Waals surface area contributed by atoms with Gasteiger partial charge in [-0.2, -0.15) is 0 Å². The summed E-state index contributed by atoms with van der Waals surface area (Å²) in [4.78, 5) is 38.6. The van der Waals surface area contributed by atoms with E-state index in [1.807, 2.05) is 0 Å². The number of phenols is 2. The van der Waals surface area contributed by atoms with E-state index in [1.54, 1.807) is 0 Å². The molecule has 1 aromatic rings. The van der Waals surface area contributed by atoms with Gasteiger partial charge in [0.2, 0.25) is 17.7 Å². The van der Waals surface area contributed by atoms with Crippen molar-refractivity contribution in [2.45, 2.75) is 50.6 Å². The summed E-state index contributed by atoms with van der Waals surface area (Å²) < 4.78 is 0. The number of nitrogens with two attached hydrogens (primary N) is 2. The van der Waals surface area contributed by atoms with E-state index in [1.165, 1.54) is 23.1 Å². The quantitative estimate of drug-likeness (QED) is 0.301. The average molecular weight is 392 g/mol. The first-order chi connectivity index (χ1) is 13.3. The third kappa shape index (κ3) is 5.67. The Morgan fingerprint density at radius 2 is 1.96 bits per heavy atom. The Bertz CT molecular complexity index is 724. The van der Waals surface area contributed by atoms with Gasteiger partial charge in [-0.05, 0) is 49.9 Å². The zero-order chi connectivity index (χ0) is 20.7. The number of nitrogens with zero attached hydrogens (tertiary/aromatic N) is 1. The number of unbranched alkanes of at least 4 members (excludes halogenated alkanes) is 1. The predicted molar refractivity (Wildman–Crippen MR) is 102 cm³/mol. The lowest BCUT2D eigenvalue weighted by atomic mass is 10.1. The molecule has 0 unspecified atom stereocenters. The van der Waals surface area contributed by atoms with Gasteiger partial charge < -0.3 is 26.6 Å². The Morgan fingerprint density at radius 1 is 1.21 bits per heavy atom. The van der Waals surface area contributed by atoms with Crippen LogP contribution in [0.4, 0.5) is 0 Å². The van der Waals surface area contributed by atoms with Gasteiger partial charge in [0.25, 0.3) is 0 Å². The van der Waals surface area contributed by atoms with E-state index in [0.29, 0.717) is 37.9 Å². The number of hydrogen-bond acceptors (Lipinski definition) is 7. The van der Waals surface area contributed by atoms with Gasteiger partial charge in [0.1, 0.15) is 6.04 Å². The van der Waals surface area contributed by atoms with Crippen LogP contribution in [0.3, 0.4) is 0 Å². The Balaban J connectivity index is 1.91. The Hall–Kier alpha value is -2.65. The molecule has 9 heteroatoms. The lowest BCUT2D eigenvalue weighted by Gasteiger charge is -2.26. The number of aromatic hydroxyl groups is 2. The van der Waals surface area contributed by atoms with Crippen molar-refractivity contribution < 1.29 is 24.6 Å². The van der Waals surface area contributed by atoms with Crippen molar-refractivity contribution in [1.29, 1.82) is 0 Å². The van der Waals surface area contributed by atoms with Crippen molar-refractivity contribution in [1.82, 2.24) is 10.2 Å². The number of likely N-dealkylation sites (tertiary alicyclic amines) is 1. The first kappa shape index (κ1) is 21.6. The third-order valence-electron chi connectivity index (χ3n) is 4.79. The summed E-state index contributed by atoms with van der Waals surface area (Å²) >= 11 is 0. The molecule has 154 valence electrons. The molecule has 3 amide bonds. The molecule has 1 aromatic carbocycles. The molecule has 9 nitrogen and oxygen atoms in total. The number of rotatable bonds is 8. The fraction of sp³-hybridized carbons (Fsp3) is 0.526. The van der Waals surface area contributed by atoms with Crippen molar-refractivity contribution in [2.24, 2.45) is 11.5 Å². The molecule has 1 aliphatic heterocycles. The van der Waals surface area contributed by atoms with Crippen LogP contribution < -0.4 is 16.8 Å². The van der Waals surface area contributed by atoms with Crippen LogP contribution >= 0.6 is 0 Å². The minimum atomic E-state index is -0.717. The molecule has 2 atom stereocenters. The second-order valence-corrected chi connectivity index (χ2v) is 6.99. The van der Waals surface area contributed by atoms with Crippen LogP contribution in [0.2, 0.25) is 0 Å². The van der Waals surface area contributed by atoms with E-state index in [0.717, 1.165) is 12.8 Å². The molecule has 0 aromatic heterocycles. The average Bonchev–Trinajstić information content (AvgIpc) is 3.14. The van der Waals surface area contributed by atoms with E-state index >= 15 is 0 Å². The summed E-state index contributed by atoms with van der Waals surface area (Å²) in [6.07, 6.45) is 3.03. The van der Waals surface area contributed by atoms with Crippen LogP contribution in [-0.4, -0.2) is 58.0 Å². The molecule has 0 aliphatic carbocycles. The minimum absolute atomic E-state index is 0.140. The van der Waals surface area contributed by atoms with Crippen LogP contribution in [0.25, 0.3) is 0 Å². The molecule has 1 fully saturated rings. The number of amides is 3. The third-order valence-corrected chi connectivity index (χ3v) is 4.79. The molecule has 1 heterocycles. The summed E-state index contributed by atoms with van der Waals surface area (Å²) in [5.74, 6) is -2.00. The first-order valence-electron chi connectivity index (χ1n) is 9.44. The van der Waals surface area contributed by atoms with Crippen molar-refractivity contribution in [3.63, 3.8) is 0 Å². The molecule has 1 aliphatic rings. The Kier molecular flexibility index (Phi) is 7.77. The molecule has 0 radical (unpaired) electrons. The normalized spacial score (nSPS) is 17.4. The van der Waals surface area contributed by atoms with Crippen LogP contribution in [-0.2, 0) is 20.8 Å². The second kappa shape index (κ2) is 10.0. The van der Waals surface area contributed by atoms with Crippen molar-refractivity contribution in [2.75, 3.05) is 13.1 Å². The molecular formula is C19H28N4O5. The highest BCUT2D eigenvalue weighted by Gasteiger charge is 2.36. The summed E-state index contributed by atoms with van der Waals surface area (Å²) in [6, 6.07) is 2.60. The molecule has 0 bridgehead atoms. The number of benzene rings is 1. The predicted octanol–water partition coefficient (Wildman–Crippen LogP) is -0.270. The summed E-state index contributed by atoms with van der Waals surface area (Å²) in [6.45, 7) is 0.970. The van der Waals surface area contributed by atoms with Gasteiger partial charge in [-0.1, -0.05) is 12.5 Å².